The Bertz CT molecular complexity index is 347. The van der Waals surface area contributed by atoms with Gasteiger partial charge in [0.15, 0.2) is 0 Å². The molecule has 1 aromatic heterocycles. The summed E-state index contributed by atoms with van der Waals surface area (Å²) < 4.78 is 0. The number of carbonyl (C=O) groups is 2. The minimum absolute atomic E-state index is 0.319. The summed E-state index contributed by atoms with van der Waals surface area (Å²) in [6, 6.07) is 1.09. The number of hydrogen-bond acceptors (Lipinski definition) is 3. The van der Waals surface area contributed by atoms with Crippen LogP contribution in [-0.2, 0) is 4.79 Å². The SMILES string of the molecule is CC(NC(=O)c1ccn[nH]1)C(C)C(=O)O. The van der Waals surface area contributed by atoms with Gasteiger partial charge in [-0.2, -0.15) is 5.10 Å². The highest BCUT2D eigenvalue weighted by atomic mass is 16.4. The fraction of sp³-hybridized carbons (Fsp3) is 0.444. The number of carbonyl (C=O) groups excluding carboxylic acids is 1. The van der Waals surface area contributed by atoms with Crippen LogP contribution in [0.5, 0.6) is 0 Å². The third-order valence-corrected chi connectivity index (χ3v) is 2.24. The zero-order valence-corrected chi connectivity index (χ0v) is 8.52. The van der Waals surface area contributed by atoms with E-state index in [1.807, 2.05) is 0 Å². The fourth-order valence-corrected chi connectivity index (χ4v) is 1.01. The van der Waals surface area contributed by atoms with Crippen LogP contribution in [0.1, 0.15) is 24.3 Å². The Labute approximate surface area is 86.7 Å². The number of hydrogen-bond donors (Lipinski definition) is 3. The van der Waals surface area contributed by atoms with E-state index in [4.69, 9.17) is 5.11 Å². The molecule has 1 aromatic rings. The van der Waals surface area contributed by atoms with Crippen molar-refractivity contribution in [2.24, 2.45) is 5.92 Å². The maximum atomic E-state index is 11.5. The largest absolute Gasteiger partial charge is 0.481 e. The maximum absolute atomic E-state index is 11.5. The lowest BCUT2D eigenvalue weighted by atomic mass is 10.0. The molecule has 0 aliphatic carbocycles. The van der Waals surface area contributed by atoms with Gasteiger partial charge >= 0.3 is 5.97 Å². The van der Waals surface area contributed by atoms with Gasteiger partial charge < -0.3 is 10.4 Å². The first-order chi connectivity index (χ1) is 7.02. The van der Waals surface area contributed by atoms with Gasteiger partial charge in [0.2, 0.25) is 0 Å². The van der Waals surface area contributed by atoms with Gasteiger partial charge in [-0.15, -0.1) is 0 Å². The summed E-state index contributed by atoms with van der Waals surface area (Å²) in [5, 5.41) is 17.4. The standard InChI is InChI=1S/C9H13N3O3/c1-5(9(14)15)6(2)11-8(13)7-3-4-10-12-7/h3-6H,1-2H3,(H,10,12)(H,11,13)(H,14,15). The van der Waals surface area contributed by atoms with E-state index in [1.165, 1.54) is 12.3 Å². The van der Waals surface area contributed by atoms with E-state index < -0.39 is 17.9 Å². The van der Waals surface area contributed by atoms with Gasteiger partial charge in [-0.25, -0.2) is 0 Å². The van der Waals surface area contributed by atoms with Crippen LogP contribution in [0.2, 0.25) is 0 Å². The van der Waals surface area contributed by atoms with Crippen LogP contribution in [0.25, 0.3) is 0 Å². The van der Waals surface area contributed by atoms with E-state index in [0.29, 0.717) is 5.69 Å². The molecule has 1 heterocycles. The Morgan fingerprint density at radius 3 is 2.67 bits per heavy atom. The Morgan fingerprint density at radius 2 is 2.20 bits per heavy atom. The van der Waals surface area contributed by atoms with Crippen LogP contribution in [0.15, 0.2) is 12.3 Å². The molecule has 0 bridgehead atoms. The predicted molar refractivity (Wildman–Crippen MR) is 52.3 cm³/mol. The van der Waals surface area contributed by atoms with E-state index in [1.54, 1.807) is 13.8 Å². The average molecular weight is 211 g/mol. The van der Waals surface area contributed by atoms with E-state index in [2.05, 4.69) is 15.5 Å². The monoisotopic (exact) mass is 211 g/mol. The molecule has 6 nitrogen and oxygen atoms in total. The van der Waals surface area contributed by atoms with Crippen molar-refractivity contribution in [3.05, 3.63) is 18.0 Å². The number of rotatable bonds is 4. The third-order valence-electron chi connectivity index (χ3n) is 2.24. The molecule has 15 heavy (non-hydrogen) atoms. The highest BCUT2D eigenvalue weighted by molar-refractivity contribution is 5.92. The molecule has 3 N–H and O–H groups in total. The molecular formula is C9H13N3O3. The molecule has 1 amide bonds. The van der Waals surface area contributed by atoms with Crippen LogP contribution >= 0.6 is 0 Å². The second-order valence-electron chi connectivity index (χ2n) is 3.36. The Morgan fingerprint density at radius 1 is 1.53 bits per heavy atom. The van der Waals surface area contributed by atoms with Crippen molar-refractivity contribution in [2.75, 3.05) is 0 Å². The normalized spacial score (nSPS) is 14.3. The van der Waals surface area contributed by atoms with Crippen molar-refractivity contribution in [3.8, 4) is 0 Å². The molecule has 0 saturated heterocycles. The molecule has 0 aromatic carbocycles. The fourth-order valence-electron chi connectivity index (χ4n) is 1.01. The van der Waals surface area contributed by atoms with Gasteiger partial charge in [0.05, 0.1) is 5.92 Å². The number of carboxylic acids is 1. The number of aromatic nitrogens is 2. The van der Waals surface area contributed by atoms with Crippen LogP contribution in [0.4, 0.5) is 0 Å². The van der Waals surface area contributed by atoms with Crippen molar-refractivity contribution >= 4 is 11.9 Å². The van der Waals surface area contributed by atoms with Crippen molar-refractivity contribution in [3.63, 3.8) is 0 Å². The molecule has 0 aliphatic heterocycles. The summed E-state index contributed by atoms with van der Waals surface area (Å²) in [7, 11) is 0. The van der Waals surface area contributed by atoms with Gasteiger partial charge in [0.25, 0.3) is 5.91 Å². The Hall–Kier alpha value is -1.85. The Balaban J connectivity index is 2.56. The molecular weight excluding hydrogens is 198 g/mol. The molecule has 0 aliphatic rings. The summed E-state index contributed by atoms with van der Waals surface area (Å²) in [5.41, 5.74) is 0.319. The van der Waals surface area contributed by atoms with Crippen molar-refractivity contribution < 1.29 is 14.7 Å². The highest BCUT2D eigenvalue weighted by Gasteiger charge is 2.21. The first kappa shape index (κ1) is 11.2. The average Bonchev–Trinajstić information content (AvgIpc) is 2.68. The number of nitrogens with one attached hydrogen (secondary N) is 2. The molecule has 82 valence electrons. The van der Waals surface area contributed by atoms with Gasteiger partial charge in [-0.1, -0.05) is 0 Å². The first-order valence-corrected chi connectivity index (χ1v) is 4.55. The highest BCUT2D eigenvalue weighted by Crippen LogP contribution is 2.03. The lowest BCUT2D eigenvalue weighted by molar-refractivity contribution is -0.141. The second kappa shape index (κ2) is 4.59. The van der Waals surface area contributed by atoms with Crippen LogP contribution in [0.3, 0.4) is 0 Å². The number of nitrogens with zero attached hydrogens (tertiary/aromatic N) is 1. The van der Waals surface area contributed by atoms with Crippen molar-refractivity contribution in [1.29, 1.82) is 0 Å². The molecule has 1 rings (SSSR count). The molecule has 0 fully saturated rings. The van der Waals surface area contributed by atoms with Gasteiger partial charge in [0, 0.05) is 12.2 Å². The van der Waals surface area contributed by atoms with E-state index >= 15 is 0 Å². The molecule has 0 saturated carbocycles. The lowest BCUT2D eigenvalue weighted by Gasteiger charge is -2.16. The Kier molecular flexibility index (Phi) is 3.43. The second-order valence-corrected chi connectivity index (χ2v) is 3.36. The van der Waals surface area contributed by atoms with Gasteiger partial charge in [-0.05, 0) is 19.9 Å². The molecule has 6 heteroatoms. The summed E-state index contributed by atoms with van der Waals surface area (Å²) >= 11 is 0. The maximum Gasteiger partial charge on any atom is 0.308 e. The van der Waals surface area contributed by atoms with Gasteiger partial charge in [-0.3, -0.25) is 14.7 Å². The smallest absolute Gasteiger partial charge is 0.308 e. The topological polar surface area (TPSA) is 95.1 Å². The molecule has 2 unspecified atom stereocenters. The minimum atomic E-state index is -0.938. The quantitative estimate of drug-likeness (QED) is 0.665. The number of aliphatic carboxylic acids is 1. The lowest BCUT2D eigenvalue weighted by Crippen LogP contribution is -2.40. The number of carboxylic acid groups (broad SMARTS) is 1. The van der Waals surface area contributed by atoms with Crippen LogP contribution in [0, 0.1) is 5.92 Å². The van der Waals surface area contributed by atoms with Gasteiger partial charge in [0.1, 0.15) is 5.69 Å². The molecule has 0 radical (unpaired) electrons. The van der Waals surface area contributed by atoms with E-state index in [-0.39, 0.29) is 5.91 Å². The van der Waals surface area contributed by atoms with Crippen molar-refractivity contribution in [1.82, 2.24) is 15.5 Å². The van der Waals surface area contributed by atoms with E-state index in [0.717, 1.165) is 0 Å². The third kappa shape index (κ3) is 2.80. The number of H-pyrrole nitrogens is 1. The van der Waals surface area contributed by atoms with Crippen LogP contribution in [-0.4, -0.2) is 33.2 Å². The molecule has 0 spiro atoms. The number of aromatic amines is 1. The van der Waals surface area contributed by atoms with E-state index in [9.17, 15) is 9.59 Å². The first-order valence-electron chi connectivity index (χ1n) is 4.55. The summed E-state index contributed by atoms with van der Waals surface area (Å²) in [6.07, 6.45) is 1.46. The summed E-state index contributed by atoms with van der Waals surface area (Å²) in [4.78, 5) is 22.1. The summed E-state index contributed by atoms with van der Waals surface area (Å²) in [5.74, 6) is -1.92. The number of amides is 1. The summed E-state index contributed by atoms with van der Waals surface area (Å²) in [6.45, 7) is 3.19. The molecule has 2 atom stereocenters. The zero-order valence-electron chi connectivity index (χ0n) is 8.52. The predicted octanol–water partition coefficient (Wildman–Crippen LogP) is 0.249. The minimum Gasteiger partial charge on any atom is -0.481 e. The zero-order chi connectivity index (χ0) is 11.4. The van der Waals surface area contributed by atoms with Crippen LogP contribution < -0.4 is 5.32 Å². The van der Waals surface area contributed by atoms with Crippen molar-refractivity contribution in [2.45, 2.75) is 19.9 Å².